The van der Waals surface area contributed by atoms with Crippen LogP contribution >= 0.6 is 11.6 Å². The summed E-state index contributed by atoms with van der Waals surface area (Å²) in [6.45, 7) is 3.77. The molecule has 0 saturated heterocycles. The monoisotopic (exact) mass is 227 g/mol. The quantitative estimate of drug-likeness (QED) is 0.449. The summed E-state index contributed by atoms with van der Waals surface area (Å²) >= 11 is 6.02. The Morgan fingerprint density at radius 2 is 2.20 bits per heavy atom. The van der Waals surface area contributed by atoms with E-state index in [9.17, 15) is 10.1 Å². The largest absolute Gasteiger partial charge is 0.272 e. The van der Waals surface area contributed by atoms with Crippen molar-refractivity contribution in [3.63, 3.8) is 0 Å². The number of nitro benzene ring substituents is 1. The number of hydrogen-bond acceptors (Lipinski definition) is 2. The normalized spacial score (nSPS) is 12.5. The van der Waals surface area contributed by atoms with Gasteiger partial charge in [-0.1, -0.05) is 13.0 Å². The maximum atomic E-state index is 10.6. The highest BCUT2D eigenvalue weighted by molar-refractivity contribution is 6.20. The first kappa shape index (κ1) is 12.0. The summed E-state index contributed by atoms with van der Waals surface area (Å²) in [6, 6.07) is 5.16. The van der Waals surface area contributed by atoms with Crippen molar-refractivity contribution >= 4 is 17.3 Å². The van der Waals surface area contributed by atoms with Crippen LogP contribution in [-0.4, -0.2) is 10.3 Å². The third kappa shape index (κ3) is 3.20. The number of benzene rings is 1. The standard InChI is InChI=1S/C11H14ClNO2/c1-3-10(12)7-9-4-5-11(13(14)15)8(2)6-9/h4-6,10H,3,7H2,1-2H3. The minimum Gasteiger partial charge on any atom is -0.258 e. The fraction of sp³-hybridized carbons (Fsp3) is 0.455. The molecule has 0 aromatic heterocycles. The Kier molecular flexibility index (Phi) is 4.09. The van der Waals surface area contributed by atoms with Gasteiger partial charge in [-0.05, 0) is 31.4 Å². The molecule has 4 heteroatoms. The Balaban J connectivity index is 2.87. The molecule has 0 N–H and O–H groups in total. The van der Waals surface area contributed by atoms with Crippen molar-refractivity contribution in [1.82, 2.24) is 0 Å². The van der Waals surface area contributed by atoms with E-state index in [0.717, 1.165) is 18.4 Å². The molecule has 0 aliphatic rings. The average Bonchev–Trinajstić information content (AvgIpc) is 2.17. The van der Waals surface area contributed by atoms with Crippen LogP contribution in [0.5, 0.6) is 0 Å². The topological polar surface area (TPSA) is 43.1 Å². The second-order valence-electron chi connectivity index (χ2n) is 3.59. The Labute approximate surface area is 94.2 Å². The van der Waals surface area contributed by atoms with Crippen molar-refractivity contribution in [3.8, 4) is 0 Å². The van der Waals surface area contributed by atoms with Crippen molar-refractivity contribution in [2.24, 2.45) is 0 Å². The number of halogens is 1. The Hall–Kier alpha value is -1.09. The highest BCUT2D eigenvalue weighted by Crippen LogP contribution is 2.20. The molecular formula is C11H14ClNO2. The molecule has 0 saturated carbocycles. The highest BCUT2D eigenvalue weighted by Gasteiger charge is 2.11. The molecule has 15 heavy (non-hydrogen) atoms. The summed E-state index contributed by atoms with van der Waals surface area (Å²) in [5, 5.41) is 10.7. The lowest BCUT2D eigenvalue weighted by Crippen LogP contribution is -2.02. The fourth-order valence-electron chi connectivity index (χ4n) is 1.45. The first-order valence-corrected chi connectivity index (χ1v) is 5.36. The van der Waals surface area contributed by atoms with Crippen molar-refractivity contribution < 1.29 is 4.92 Å². The smallest absolute Gasteiger partial charge is 0.258 e. The van der Waals surface area contributed by atoms with Crippen LogP contribution in [0.25, 0.3) is 0 Å². The average molecular weight is 228 g/mol. The van der Waals surface area contributed by atoms with Crippen molar-refractivity contribution in [1.29, 1.82) is 0 Å². The van der Waals surface area contributed by atoms with Gasteiger partial charge in [-0.3, -0.25) is 10.1 Å². The molecule has 1 aromatic rings. The molecule has 1 atom stereocenters. The van der Waals surface area contributed by atoms with Crippen LogP contribution in [0.2, 0.25) is 0 Å². The summed E-state index contributed by atoms with van der Waals surface area (Å²) < 4.78 is 0. The molecule has 0 fully saturated rings. The van der Waals surface area contributed by atoms with Gasteiger partial charge in [0.2, 0.25) is 0 Å². The predicted molar refractivity (Wildman–Crippen MR) is 61.5 cm³/mol. The third-order valence-corrected chi connectivity index (χ3v) is 2.82. The second-order valence-corrected chi connectivity index (χ2v) is 4.20. The lowest BCUT2D eigenvalue weighted by atomic mass is 10.0. The molecule has 0 aliphatic heterocycles. The predicted octanol–water partition coefficient (Wildman–Crippen LogP) is 3.46. The van der Waals surface area contributed by atoms with E-state index in [-0.39, 0.29) is 16.0 Å². The first-order chi connectivity index (χ1) is 7.04. The van der Waals surface area contributed by atoms with Gasteiger partial charge in [-0.15, -0.1) is 11.6 Å². The van der Waals surface area contributed by atoms with E-state index in [1.165, 1.54) is 0 Å². The minimum absolute atomic E-state index is 0.103. The maximum Gasteiger partial charge on any atom is 0.272 e. The van der Waals surface area contributed by atoms with E-state index in [1.807, 2.05) is 13.0 Å². The van der Waals surface area contributed by atoms with Gasteiger partial charge in [0.1, 0.15) is 0 Å². The van der Waals surface area contributed by atoms with E-state index in [4.69, 9.17) is 11.6 Å². The van der Waals surface area contributed by atoms with Crippen LogP contribution in [-0.2, 0) is 6.42 Å². The zero-order valence-corrected chi connectivity index (χ0v) is 9.62. The molecule has 0 spiro atoms. The van der Waals surface area contributed by atoms with Crippen LogP contribution < -0.4 is 0 Å². The highest BCUT2D eigenvalue weighted by atomic mass is 35.5. The third-order valence-electron chi connectivity index (χ3n) is 2.36. The first-order valence-electron chi connectivity index (χ1n) is 4.92. The number of aryl methyl sites for hydroxylation is 1. The summed E-state index contributed by atoms with van der Waals surface area (Å²) in [5.74, 6) is 0. The minimum atomic E-state index is -0.364. The Morgan fingerprint density at radius 3 is 2.67 bits per heavy atom. The van der Waals surface area contributed by atoms with Crippen LogP contribution in [0.4, 0.5) is 5.69 Å². The molecule has 1 unspecified atom stereocenters. The molecule has 1 rings (SSSR count). The molecule has 0 bridgehead atoms. The number of alkyl halides is 1. The molecule has 0 aliphatic carbocycles. The van der Waals surface area contributed by atoms with Gasteiger partial charge in [0.05, 0.1) is 4.92 Å². The molecule has 0 amide bonds. The molecule has 1 aromatic carbocycles. The van der Waals surface area contributed by atoms with Crippen molar-refractivity contribution in [2.75, 3.05) is 0 Å². The van der Waals surface area contributed by atoms with E-state index < -0.39 is 0 Å². The van der Waals surface area contributed by atoms with Gasteiger partial charge in [-0.25, -0.2) is 0 Å². The summed E-state index contributed by atoms with van der Waals surface area (Å²) in [6.07, 6.45) is 1.66. The molecule has 0 radical (unpaired) electrons. The van der Waals surface area contributed by atoms with Gasteiger partial charge in [0.15, 0.2) is 0 Å². The van der Waals surface area contributed by atoms with E-state index in [0.29, 0.717) is 5.56 Å². The lowest BCUT2D eigenvalue weighted by Gasteiger charge is -2.07. The van der Waals surface area contributed by atoms with Crippen LogP contribution in [0.3, 0.4) is 0 Å². The summed E-state index contributed by atoms with van der Waals surface area (Å²) in [7, 11) is 0. The number of hydrogen-bond donors (Lipinski definition) is 0. The van der Waals surface area contributed by atoms with Crippen LogP contribution in [0.1, 0.15) is 24.5 Å². The van der Waals surface area contributed by atoms with E-state index in [1.54, 1.807) is 19.1 Å². The Morgan fingerprint density at radius 1 is 1.53 bits per heavy atom. The van der Waals surface area contributed by atoms with Gasteiger partial charge < -0.3 is 0 Å². The molecule has 0 heterocycles. The van der Waals surface area contributed by atoms with Crippen molar-refractivity contribution in [3.05, 3.63) is 39.4 Å². The number of nitrogens with zero attached hydrogens (tertiary/aromatic N) is 1. The van der Waals surface area contributed by atoms with Crippen molar-refractivity contribution in [2.45, 2.75) is 32.1 Å². The number of nitro groups is 1. The number of rotatable bonds is 4. The van der Waals surface area contributed by atoms with Gasteiger partial charge in [0.25, 0.3) is 5.69 Å². The summed E-state index contributed by atoms with van der Waals surface area (Å²) in [5.41, 5.74) is 1.92. The second kappa shape index (κ2) is 5.12. The van der Waals surface area contributed by atoms with Gasteiger partial charge in [-0.2, -0.15) is 0 Å². The Bertz CT molecular complexity index is 366. The zero-order chi connectivity index (χ0) is 11.4. The maximum absolute atomic E-state index is 10.6. The van der Waals surface area contributed by atoms with Gasteiger partial charge in [0, 0.05) is 17.0 Å². The molecular weight excluding hydrogens is 214 g/mol. The van der Waals surface area contributed by atoms with Crippen LogP contribution in [0, 0.1) is 17.0 Å². The zero-order valence-electron chi connectivity index (χ0n) is 8.87. The van der Waals surface area contributed by atoms with Gasteiger partial charge >= 0.3 is 0 Å². The van der Waals surface area contributed by atoms with E-state index in [2.05, 4.69) is 0 Å². The SMILES string of the molecule is CCC(Cl)Cc1ccc([N+](=O)[O-])c(C)c1. The summed E-state index contributed by atoms with van der Waals surface area (Å²) in [4.78, 5) is 10.2. The molecule has 3 nitrogen and oxygen atoms in total. The van der Waals surface area contributed by atoms with E-state index >= 15 is 0 Å². The van der Waals surface area contributed by atoms with Crippen LogP contribution in [0.15, 0.2) is 18.2 Å². The lowest BCUT2D eigenvalue weighted by molar-refractivity contribution is -0.385. The molecule has 82 valence electrons. The fourth-order valence-corrected chi connectivity index (χ4v) is 1.63.